The van der Waals surface area contributed by atoms with Gasteiger partial charge in [-0.15, -0.1) is 0 Å². The molecule has 0 spiro atoms. The maximum atomic E-state index is 11.2. The Morgan fingerprint density at radius 2 is 2.07 bits per heavy atom. The van der Waals surface area contributed by atoms with Crippen molar-refractivity contribution in [1.82, 2.24) is 5.32 Å². The lowest BCUT2D eigenvalue weighted by Crippen LogP contribution is -2.25. The quantitative estimate of drug-likeness (QED) is 0.589. The van der Waals surface area contributed by atoms with Gasteiger partial charge < -0.3 is 15.2 Å². The number of amides is 1. The highest BCUT2D eigenvalue weighted by Gasteiger charge is 2.05. The van der Waals surface area contributed by atoms with E-state index in [0.29, 0.717) is 25.8 Å². The van der Waals surface area contributed by atoms with E-state index >= 15 is 0 Å². The predicted octanol–water partition coefficient (Wildman–Crippen LogP) is 0.782. The molecular formula is C10H19NO4. The summed E-state index contributed by atoms with van der Waals surface area (Å²) in [5.74, 6) is -0.887. The predicted molar refractivity (Wildman–Crippen MR) is 55.6 cm³/mol. The lowest BCUT2D eigenvalue weighted by Gasteiger charge is -2.08. The zero-order chi connectivity index (χ0) is 11.7. The number of hydrogen-bond acceptors (Lipinski definition) is 3. The Balaban J connectivity index is 3.37. The third-order valence-electron chi connectivity index (χ3n) is 2.07. The molecule has 0 aliphatic heterocycles. The summed E-state index contributed by atoms with van der Waals surface area (Å²) in [6.07, 6.45) is 1.74. The Labute approximate surface area is 89.8 Å². The third kappa shape index (κ3) is 9.21. The molecule has 0 bridgehead atoms. The second-order valence-electron chi connectivity index (χ2n) is 3.43. The molecule has 0 fully saturated rings. The molecule has 0 aliphatic carbocycles. The van der Waals surface area contributed by atoms with Crippen molar-refractivity contribution < 1.29 is 19.4 Å². The average Bonchev–Trinajstić information content (AvgIpc) is 2.20. The zero-order valence-electron chi connectivity index (χ0n) is 9.28. The fraction of sp³-hybridized carbons (Fsp3) is 0.800. The highest BCUT2D eigenvalue weighted by atomic mass is 16.5. The fourth-order valence-corrected chi connectivity index (χ4v) is 1.01. The number of carboxylic acids is 1. The van der Waals surface area contributed by atoms with Crippen LogP contribution in [-0.2, 0) is 14.3 Å². The monoisotopic (exact) mass is 217 g/mol. The maximum Gasteiger partial charge on any atom is 0.303 e. The van der Waals surface area contributed by atoms with Crippen LogP contribution in [0.1, 0.15) is 32.6 Å². The number of ether oxygens (including phenoxy) is 1. The summed E-state index contributed by atoms with van der Waals surface area (Å²) in [4.78, 5) is 21.4. The standard InChI is InChI=1S/C10H19NO4/c1-8(15-2)5-6-9(12)11-7-3-4-10(13)14/h8H,3-7H2,1-2H3,(H,11,12)(H,13,14). The highest BCUT2D eigenvalue weighted by Crippen LogP contribution is 1.99. The lowest BCUT2D eigenvalue weighted by molar-refractivity contribution is -0.137. The van der Waals surface area contributed by atoms with E-state index in [0.717, 1.165) is 0 Å². The summed E-state index contributed by atoms with van der Waals surface area (Å²) in [5.41, 5.74) is 0. The molecule has 5 heteroatoms. The zero-order valence-corrected chi connectivity index (χ0v) is 9.28. The number of hydrogen-bond donors (Lipinski definition) is 2. The Morgan fingerprint density at radius 3 is 2.60 bits per heavy atom. The fourth-order valence-electron chi connectivity index (χ4n) is 1.01. The second-order valence-corrected chi connectivity index (χ2v) is 3.43. The summed E-state index contributed by atoms with van der Waals surface area (Å²) in [6.45, 7) is 2.32. The lowest BCUT2D eigenvalue weighted by atomic mass is 10.2. The molecule has 2 N–H and O–H groups in total. The van der Waals surface area contributed by atoms with Crippen LogP contribution >= 0.6 is 0 Å². The normalized spacial score (nSPS) is 12.1. The van der Waals surface area contributed by atoms with E-state index in [9.17, 15) is 9.59 Å². The van der Waals surface area contributed by atoms with Gasteiger partial charge in [-0.3, -0.25) is 9.59 Å². The van der Waals surface area contributed by atoms with Crippen LogP contribution in [0.5, 0.6) is 0 Å². The van der Waals surface area contributed by atoms with Crippen molar-refractivity contribution in [3.8, 4) is 0 Å². The van der Waals surface area contributed by atoms with Gasteiger partial charge in [0.15, 0.2) is 0 Å². The van der Waals surface area contributed by atoms with E-state index in [-0.39, 0.29) is 18.4 Å². The van der Waals surface area contributed by atoms with Crippen molar-refractivity contribution >= 4 is 11.9 Å². The molecule has 0 aromatic heterocycles. The van der Waals surface area contributed by atoms with Crippen molar-refractivity contribution in [2.45, 2.75) is 38.7 Å². The number of carboxylic acid groups (broad SMARTS) is 1. The van der Waals surface area contributed by atoms with Crippen LogP contribution in [0.2, 0.25) is 0 Å². The summed E-state index contributed by atoms with van der Waals surface area (Å²) >= 11 is 0. The van der Waals surface area contributed by atoms with Crippen LogP contribution in [0.3, 0.4) is 0 Å². The molecule has 1 unspecified atom stereocenters. The molecule has 15 heavy (non-hydrogen) atoms. The molecule has 0 rings (SSSR count). The first-order valence-electron chi connectivity index (χ1n) is 5.07. The molecule has 0 saturated heterocycles. The molecule has 0 aliphatic rings. The van der Waals surface area contributed by atoms with E-state index in [1.54, 1.807) is 7.11 Å². The summed E-state index contributed by atoms with van der Waals surface area (Å²) in [6, 6.07) is 0. The van der Waals surface area contributed by atoms with Crippen molar-refractivity contribution in [2.24, 2.45) is 0 Å². The van der Waals surface area contributed by atoms with Gasteiger partial charge in [0, 0.05) is 26.5 Å². The van der Waals surface area contributed by atoms with Crippen LogP contribution in [0.25, 0.3) is 0 Å². The average molecular weight is 217 g/mol. The van der Waals surface area contributed by atoms with Gasteiger partial charge in [-0.1, -0.05) is 0 Å². The minimum atomic E-state index is -0.836. The minimum absolute atomic E-state index is 0.0516. The van der Waals surface area contributed by atoms with Gasteiger partial charge in [0.2, 0.25) is 5.91 Å². The van der Waals surface area contributed by atoms with Gasteiger partial charge in [-0.05, 0) is 19.8 Å². The Bertz CT molecular complexity index is 206. The van der Waals surface area contributed by atoms with E-state index in [1.807, 2.05) is 6.92 Å². The van der Waals surface area contributed by atoms with Crippen molar-refractivity contribution in [2.75, 3.05) is 13.7 Å². The number of carbonyl (C=O) groups excluding carboxylic acids is 1. The first-order chi connectivity index (χ1) is 7.06. The molecular weight excluding hydrogens is 198 g/mol. The summed E-state index contributed by atoms with van der Waals surface area (Å²) in [7, 11) is 1.61. The highest BCUT2D eigenvalue weighted by molar-refractivity contribution is 5.75. The molecule has 0 aromatic carbocycles. The van der Waals surface area contributed by atoms with Crippen LogP contribution in [0.4, 0.5) is 0 Å². The van der Waals surface area contributed by atoms with Gasteiger partial charge in [0.25, 0.3) is 0 Å². The van der Waals surface area contributed by atoms with E-state index in [2.05, 4.69) is 5.32 Å². The van der Waals surface area contributed by atoms with Crippen molar-refractivity contribution in [1.29, 1.82) is 0 Å². The number of aliphatic carboxylic acids is 1. The summed E-state index contributed by atoms with van der Waals surface area (Å²) in [5, 5.41) is 11.0. The molecule has 1 atom stereocenters. The maximum absolute atomic E-state index is 11.2. The van der Waals surface area contributed by atoms with Crippen molar-refractivity contribution in [3.63, 3.8) is 0 Å². The first-order valence-corrected chi connectivity index (χ1v) is 5.07. The number of methoxy groups -OCH3 is 1. The molecule has 88 valence electrons. The minimum Gasteiger partial charge on any atom is -0.481 e. The first kappa shape index (κ1) is 13.9. The number of carbonyl (C=O) groups is 2. The summed E-state index contributed by atoms with van der Waals surface area (Å²) < 4.78 is 5.00. The van der Waals surface area contributed by atoms with E-state index in [1.165, 1.54) is 0 Å². The third-order valence-corrected chi connectivity index (χ3v) is 2.07. The molecule has 0 heterocycles. The van der Waals surface area contributed by atoms with Crippen LogP contribution in [0.15, 0.2) is 0 Å². The molecule has 0 radical (unpaired) electrons. The van der Waals surface area contributed by atoms with Crippen LogP contribution < -0.4 is 5.32 Å². The van der Waals surface area contributed by atoms with E-state index in [4.69, 9.17) is 9.84 Å². The number of nitrogens with one attached hydrogen (secondary N) is 1. The molecule has 5 nitrogen and oxygen atoms in total. The SMILES string of the molecule is COC(C)CCC(=O)NCCCC(=O)O. The van der Waals surface area contributed by atoms with Crippen molar-refractivity contribution in [3.05, 3.63) is 0 Å². The Morgan fingerprint density at radius 1 is 1.40 bits per heavy atom. The second kappa shape index (κ2) is 8.23. The van der Waals surface area contributed by atoms with Gasteiger partial charge in [0.1, 0.15) is 0 Å². The van der Waals surface area contributed by atoms with Gasteiger partial charge in [-0.2, -0.15) is 0 Å². The molecule has 0 saturated carbocycles. The van der Waals surface area contributed by atoms with Crippen LogP contribution in [0, 0.1) is 0 Å². The van der Waals surface area contributed by atoms with E-state index < -0.39 is 5.97 Å². The van der Waals surface area contributed by atoms with Gasteiger partial charge >= 0.3 is 5.97 Å². The smallest absolute Gasteiger partial charge is 0.303 e. The molecule has 0 aromatic rings. The van der Waals surface area contributed by atoms with Crippen LogP contribution in [-0.4, -0.2) is 36.7 Å². The topological polar surface area (TPSA) is 75.6 Å². The Hall–Kier alpha value is -1.10. The van der Waals surface area contributed by atoms with Gasteiger partial charge in [-0.25, -0.2) is 0 Å². The van der Waals surface area contributed by atoms with Gasteiger partial charge in [0.05, 0.1) is 6.10 Å². The molecule has 1 amide bonds. The number of rotatable bonds is 8. The Kier molecular flexibility index (Phi) is 7.62. The largest absolute Gasteiger partial charge is 0.481 e.